The van der Waals surface area contributed by atoms with Crippen LogP contribution in [0.2, 0.25) is 0 Å². The van der Waals surface area contributed by atoms with Crippen molar-refractivity contribution in [2.24, 2.45) is 0 Å². The van der Waals surface area contributed by atoms with E-state index in [-0.39, 0.29) is 11.7 Å². The van der Waals surface area contributed by atoms with Crippen molar-refractivity contribution in [3.63, 3.8) is 0 Å². The summed E-state index contributed by atoms with van der Waals surface area (Å²) in [5.74, 6) is 0.568. The lowest BCUT2D eigenvalue weighted by Gasteiger charge is -2.41. The molecule has 0 spiro atoms. The first-order valence-electron chi connectivity index (χ1n) is 8.21. The van der Waals surface area contributed by atoms with Gasteiger partial charge in [0.15, 0.2) is 0 Å². The lowest BCUT2D eigenvalue weighted by Crippen LogP contribution is -2.50. The Morgan fingerprint density at radius 2 is 2.00 bits per heavy atom. The summed E-state index contributed by atoms with van der Waals surface area (Å²) in [4.78, 5) is 21.1. The van der Waals surface area contributed by atoms with Gasteiger partial charge in [-0.05, 0) is 19.8 Å². The van der Waals surface area contributed by atoms with Crippen LogP contribution in [0.5, 0.6) is 0 Å². The fourth-order valence-corrected chi connectivity index (χ4v) is 4.33. The number of H-pyrrole nitrogens is 1. The first kappa shape index (κ1) is 17.5. The maximum Gasteiger partial charge on any atom is 0.251 e. The van der Waals surface area contributed by atoms with E-state index in [1.165, 1.54) is 12.3 Å². The summed E-state index contributed by atoms with van der Waals surface area (Å²) in [5, 5.41) is 0. The second-order valence-corrected chi connectivity index (χ2v) is 8.50. The average Bonchev–Trinajstić information content (AvgIpc) is 2.53. The zero-order valence-corrected chi connectivity index (χ0v) is 14.9. The molecule has 0 saturated carbocycles. The molecule has 3 rings (SSSR count). The molecular weight excluding hydrogens is 332 g/mol. The van der Waals surface area contributed by atoms with Gasteiger partial charge >= 0.3 is 0 Å². The molecule has 134 valence electrons. The van der Waals surface area contributed by atoms with Crippen molar-refractivity contribution in [2.75, 3.05) is 39.0 Å². The Kier molecular flexibility index (Phi) is 5.05. The number of ether oxygens (including phenoxy) is 1. The third-order valence-corrected chi connectivity index (χ3v) is 6.00. The van der Waals surface area contributed by atoms with E-state index < -0.39 is 10.0 Å². The van der Waals surface area contributed by atoms with Gasteiger partial charge in [0.1, 0.15) is 11.9 Å². The summed E-state index contributed by atoms with van der Waals surface area (Å²) >= 11 is 0. The Labute approximate surface area is 141 Å². The first-order valence-corrected chi connectivity index (χ1v) is 10.1. The van der Waals surface area contributed by atoms with Crippen LogP contribution in [0.25, 0.3) is 0 Å². The van der Waals surface area contributed by atoms with Gasteiger partial charge in [-0.2, -0.15) is 0 Å². The summed E-state index contributed by atoms with van der Waals surface area (Å²) in [5.41, 5.74) is 0.510. The summed E-state index contributed by atoms with van der Waals surface area (Å²) in [6.07, 6.45) is 2.65. The van der Waals surface area contributed by atoms with Gasteiger partial charge in [-0.25, -0.2) is 17.7 Å². The molecule has 3 heterocycles. The number of rotatable bonds is 3. The molecule has 1 aromatic rings. The van der Waals surface area contributed by atoms with Gasteiger partial charge in [-0.1, -0.05) is 0 Å². The van der Waals surface area contributed by atoms with E-state index in [0.29, 0.717) is 43.8 Å². The van der Waals surface area contributed by atoms with Crippen molar-refractivity contribution in [3.8, 4) is 0 Å². The standard InChI is InChI=1S/C15H24N4O4S/c1-11-9-14(20)17-15(16-11)13-10-18(7-8-23-13)12-3-5-19(6-4-12)24(2,21)22/h9,12-13H,3-8,10H2,1-2H3,(H,16,17,20)/t13-/m0/s1. The first-order chi connectivity index (χ1) is 11.3. The van der Waals surface area contributed by atoms with Gasteiger partial charge in [0.05, 0.1) is 12.9 Å². The predicted octanol–water partition coefficient (Wildman–Crippen LogP) is -0.124. The van der Waals surface area contributed by atoms with Crippen LogP contribution in [0, 0.1) is 6.92 Å². The second-order valence-electron chi connectivity index (χ2n) is 6.52. The lowest BCUT2D eigenvalue weighted by molar-refractivity contribution is -0.0548. The zero-order valence-electron chi connectivity index (χ0n) is 14.1. The topological polar surface area (TPSA) is 95.6 Å². The van der Waals surface area contributed by atoms with Crippen LogP contribution < -0.4 is 5.56 Å². The Morgan fingerprint density at radius 1 is 1.29 bits per heavy atom. The molecule has 0 radical (unpaired) electrons. The van der Waals surface area contributed by atoms with Crippen LogP contribution in [0.15, 0.2) is 10.9 Å². The fourth-order valence-electron chi connectivity index (χ4n) is 3.46. The van der Waals surface area contributed by atoms with Gasteiger partial charge < -0.3 is 9.72 Å². The number of morpholine rings is 1. The SMILES string of the molecule is Cc1cc(=O)[nH]c([C@@H]2CN(C3CCN(S(C)(=O)=O)CC3)CCO2)n1. The quantitative estimate of drug-likeness (QED) is 0.811. The molecule has 1 N–H and O–H groups in total. The van der Waals surface area contributed by atoms with E-state index in [4.69, 9.17) is 4.74 Å². The van der Waals surface area contributed by atoms with Crippen LogP contribution in [-0.2, 0) is 14.8 Å². The van der Waals surface area contributed by atoms with Crippen molar-refractivity contribution in [3.05, 3.63) is 27.9 Å². The Morgan fingerprint density at radius 3 is 2.62 bits per heavy atom. The van der Waals surface area contributed by atoms with Crippen molar-refractivity contribution in [1.29, 1.82) is 0 Å². The highest BCUT2D eigenvalue weighted by Crippen LogP contribution is 2.25. The van der Waals surface area contributed by atoms with E-state index >= 15 is 0 Å². The van der Waals surface area contributed by atoms with Crippen molar-refractivity contribution in [1.82, 2.24) is 19.2 Å². The molecule has 8 nitrogen and oxygen atoms in total. The monoisotopic (exact) mass is 356 g/mol. The average molecular weight is 356 g/mol. The molecule has 0 unspecified atom stereocenters. The number of aromatic nitrogens is 2. The zero-order chi connectivity index (χ0) is 17.3. The van der Waals surface area contributed by atoms with Crippen LogP contribution in [0.4, 0.5) is 0 Å². The molecular formula is C15H24N4O4S. The molecule has 2 fully saturated rings. The normalized spacial score (nSPS) is 25.0. The molecule has 0 aromatic carbocycles. The number of aromatic amines is 1. The summed E-state index contributed by atoms with van der Waals surface area (Å²) < 4.78 is 30.6. The van der Waals surface area contributed by atoms with Gasteiger partial charge in [0.25, 0.3) is 5.56 Å². The fraction of sp³-hybridized carbons (Fsp3) is 0.733. The molecule has 0 aliphatic carbocycles. The summed E-state index contributed by atoms with van der Waals surface area (Å²) in [6, 6.07) is 1.80. The largest absolute Gasteiger partial charge is 0.368 e. The van der Waals surface area contributed by atoms with Gasteiger partial charge in [-0.15, -0.1) is 0 Å². The third kappa shape index (κ3) is 4.02. The second kappa shape index (κ2) is 6.91. The molecule has 2 aliphatic rings. The van der Waals surface area contributed by atoms with E-state index in [1.54, 1.807) is 11.2 Å². The highest BCUT2D eigenvalue weighted by atomic mass is 32.2. The minimum Gasteiger partial charge on any atom is -0.368 e. The number of hydrogen-bond acceptors (Lipinski definition) is 6. The Hall–Kier alpha value is -1.29. The summed E-state index contributed by atoms with van der Waals surface area (Å²) in [7, 11) is -3.10. The highest BCUT2D eigenvalue weighted by Gasteiger charge is 2.32. The lowest BCUT2D eigenvalue weighted by atomic mass is 10.0. The van der Waals surface area contributed by atoms with Crippen LogP contribution in [0.3, 0.4) is 0 Å². The van der Waals surface area contributed by atoms with Gasteiger partial charge in [0, 0.05) is 44.0 Å². The van der Waals surface area contributed by atoms with Crippen molar-refractivity contribution >= 4 is 10.0 Å². The van der Waals surface area contributed by atoms with Crippen LogP contribution >= 0.6 is 0 Å². The molecule has 1 aromatic heterocycles. The van der Waals surface area contributed by atoms with Gasteiger partial charge in [-0.3, -0.25) is 9.69 Å². The van der Waals surface area contributed by atoms with E-state index in [9.17, 15) is 13.2 Å². The minimum atomic E-state index is -3.10. The number of aryl methyl sites for hydroxylation is 1. The summed E-state index contributed by atoms with van der Waals surface area (Å²) in [6.45, 7) is 4.97. The molecule has 2 aliphatic heterocycles. The maximum absolute atomic E-state index is 11.6. The van der Waals surface area contributed by atoms with Crippen LogP contribution in [0.1, 0.15) is 30.5 Å². The predicted molar refractivity (Wildman–Crippen MR) is 89.3 cm³/mol. The minimum absolute atomic E-state index is 0.167. The number of piperidine rings is 1. The molecule has 2 saturated heterocycles. The third-order valence-electron chi connectivity index (χ3n) is 4.70. The number of hydrogen-bond donors (Lipinski definition) is 1. The number of nitrogens with one attached hydrogen (secondary N) is 1. The Bertz CT molecular complexity index is 740. The number of sulfonamides is 1. The molecule has 0 amide bonds. The highest BCUT2D eigenvalue weighted by molar-refractivity contribution is 7.88. The van der Waals surface area contributed by atoms with E-state index in [0.717, 1.165) is 19.4 Å². The van der Waals surface area contributed by atoms with Crippen molar-refractivity contribution < 1.29 is 13.2 Å². The molecule has 9 heteroatoms. The van der Waals surface area contributed by atoms with Crippen molar-refractivity contribution in [2.45, 2.75) is 31.9 Å². The van der Waals surface area contributed by atoms with E-state index in [2.05, 4.69) is 14.9 Å². The molecule has 24 heavy (non-hydrogen) atoms. The smallest absolute Gasteiger partial charge is 0.251 e. The molecule has 0 bridgehead atoms. The molecule has 1 atom stereocenters. The number of nitrogens with zero attached hydrogens (tertiary/aromatic N) is 3. The van der Waals surface area contributed by atoms with E-state index in [1.807, 2.05) is 0 Å². The van der Waals surface area contributed by atoms with Gasteiger partial charge in [0.2, 0.25) is 10.0 Å². The maximum atomic E-state index is 11.6. The van der Waals surface area contributed by atoms with Crippen LogP contribution in [-0.4, -0.2) is 72.7 Å². The Balaban J connectivity index is 1.65.